The van der Waals surface area contributed by atoms with E-state index in [0.717, 1.165) is 17.1 Å². The second kappa shape index (κ2) is 13.7. The van der Waals surface area contributed by atoms with Crippen molar-refractivity contribution in [3.63, 3.8) is 0 Å². The standard InChI is InChI=1S/C52H35NS/c1-2-10-36(11-3-1)41-14-8-15-42(32-41)38-22-26-46(27-23-38)53(48-30-31-52-50(35-48)49-18-6-7-19-51(49)54-52)47-28-24-39(25-29-47)43-16-9-17-44(33-43)45-21-20-37-12-4-5-13-40(37)34-45/h1-35H. The topological polar surface area (TPSA) is 3.24 Å². The van der Waals surface area contributed by atoms with E-state index in [1.807, 2.05) is 11.3 Å². The second-order valence-corrected chi connectivity index (χ2v) is 14.9. The average Bonchev–Trinajstić information content (AvgIpc) is 3.63. The van der Waals surface area contributed by atoms with Crippen molar-refractivity contribution in [3.8, 4) is 44.5 Å². The van der Waals surface area contributed by atoms with Crippen molar-refractivity contribution in [3.05, 3.63) is 212 Å². The molecule has 1 aromatic heterocycles. The van der Waals surface area contributed by atoms with Crippen LogP contribution in [-0.2, 0) is 0 Å². The molecule has 0 radical (unpaired) electrons. The molecule has 0 atom stereocenters. The maximum atomic E-state index is 2.38. The van der Waals surface area contributed by atoms with Crippen LogP contribution in [0.5, 0.6) is 0 Å². The Labute approximate surface area is 319 Å². The summed E-state index contributed by atoms with van der Waals surface area (Å²) in [5.74, 6) is 0. The van der Waals surface area contributed by atoms with Gasteiger partial charge in [0.15, 0.2) is 0 Å². The van der Waals surface area contributed by atoms with Crippen molar-refractivity contribution in [2.45, 2.75) is 0 Å². The van der Waals surface area contributed by atoms with E-state index in [0.29, 0.717) is 0 Å². The first-order chi connectivity index (χ1) is 26.7. The number of thiophene rings is 1. The fourth-order valence-electron chi connectivity index (χ4n) is 7.66. The van der Waals surface area contributed by atoms with Gasteiger partial charge >= 0.3 is 0 Å². The van der Waals surface area contributed by atoms with Crippen LogP contribution >= 0.6 is 11.3 Å². The van der Waals surface area contributed by atoms with Gasteiger partial charge in [-0.15, -0.1) is 11.3 Å². The SMILES string of the molecule is c1ccc(-c2cccc(-c3ccc(N(c4ccc(-c5cccc(-c6ccc7ccccc7c6)c5)cc4)c4ccc5sc6ccccc6c5c4)cc3)c2)cc1. The normalized spacial score (nSPS) is 11.3. The van der Waals surface area contributed by atoms with Crippen LogP contribution in [0, 0.1) is 0 Å². The third kappa shape index (κ3) is 6.03. The Hall–Kier alpha value is -6.74. The summed E-state index contributed by atoms with van der Waals surface area (Å²) in [7, 11) is 0. The van der Waals surface area contributed by atoms with E-state index in [9.17, 15) is 0 Å². The average molecular weight is 706 g/mol. The molecule has 0 bridgehead atoms. The minimum atomic E-state index is 1.11. The van der Waals surface area contributed by atoms with Gasteiger partial charge in [0.1, 0.15) is 0 Å². The quantitative estimate of drug-likeness (QED) is 0.160. The number of nitrogens with zero attached hydrogens (tertiary/aromatic N) is 1. The highest BCUT2D eigenvalue weighted by molar-refractivity contribution is 7.25. The number of anilines is 3. The predicted octanol–water partition coefficient (Wildman–Crippen LogP) is 15.3. The van der Waals surface area contributed by atoms with Crippen LogP contribution < -0.4 is 4.90 Å². The Kier molecular flexibility index (Phi) is 8.09. The van der Waals surface area contributed by atoms with Gasteiger partial charge in [-0.3, -0.25) is 0 Å². The van der Waals surface area contributed by atoms with E-state index in [2.05, 4.69) is 217 Å². The van der Waals surface area contributed by atoms with Crippen LogP contribution in [0.15, 0.2) is 212 Å². The van der Waals surface area contributed by atoms with Crippen molar-refractivity contribution >= 4 is 59.3 Å². The lowest BCUT2D eigenvalue weighted by Gasteiger charge is -2.26. The van der Waals surface area contributed by atoms with E-state index in [4.69, 9.17) is 0 Å². The molecular weight excluding hydrogens is 671 g/mol. The summed E-state index contributed by atoms with van der Waals surface area (Å²) in [6, 6.07) is 77.2. The number of fused-ring (bicyclic) bond motifs is 4. The van der Waals surface area contributed by atoms with Crippen LogP contribution in [0.3, 0.4) is 0 Å². The Morgan fingerprint density at radius 1 is 0.259 bits per heavy atom. The molecule has 10 rings (SSSR count). The van der Waals surface area contributed by atoms with E-state index in [1.165, 1.54) is 75.5 Å². The molecule has 54 heavy (non-hydrogen) atoms. The van der Waals surface area contributed by atoms with E-state index in [1.54, 1.807) is 0 Å². The molecule has 0 unspecified atom stereocenters. The zero-order valence-electron chi connectivity index (χ0n) is 29.6. The Balaban J connectivity index is 1.02. The molecular formula is C52H35NS. The minimum Gasteiger partial charge on any atom is -0.310 e. The largest absolute Gasteiger partial charge is 0.310 e. The molecule has 254 valence electrons. The van der Waals surface area contributed by atoms with Crippen LogP contribution in [0.1, 0.15) is 0 Å². The first-order valence-electron chi connectivity index (χ1n) is 18.4. The first-order valence-corrected chi connectivity index (χ1v) is 19.2. The Bertz CT molecular complexity index is 2920. The third-order valence-electron chi connectivity index (χ3n) is 10.5. The summed E-state index contributed by atoms with van der Waals surface area (Å²) < 4.78 is 2.61. The van der Waals surface area contributed by atoms with Crippen molar-refractivity contribution in [1.82, 2.24) is 0 Å². The molecule has 0 saturated carbocycles. The van der Waals surface area contributed by atoms with Crippen molar-refractivity contribution in [2.24, 2.45) is 0 Å². The van der Waals surface area contributed by atoms with Crippen molar-refractivity contribution < 1.29 is 0 Å². The van der Waals surface area contributed by atoms with E-state index < -0.39 is 0 Å². The van der Waals surface area contributed by atoms with Gasteiger partial charge < -0.3 is 4.90 Å². The van der Waals surface area contributed by atoms with Crippen LogP contribution in [0.25, 0.3) is 75.5 Å². The van der Waals surface area contributed by atoms with Gasteiger partial charge in [0, 0.05) is 37.2 Å². The van der Waals surface area contributed by atoms with Crippen LogP contribution in [-0.4, -0.2) is 0 Å². The zero-order chi connectivity index (χ0) is 35.8. The molecule has 1 heterocycles. The van der Waals surface area contributed by atoms with Gasteiger partial charge in [-0.1, -0.05) is 146 Å². The lowest BCUT2D eigenvalue weighted by atomic mass is 9.97. The molecule has 0 aliphatic carbocycles. The van der Waals surface area contributed by atoms with Gasteiger partial charge in [0.05, 0.1) is 0 Å². The van der Waals surface area contributed by atoms with Crippen molar-refractivity contribution in [1.29, 1.82) is 0 Å². The molecule has 9 aromatic carbocycles. The van der Waals surface area contributed by atoms with Crippen LogP contribution in [0.2, 0.25) is 0 Å². The molecule has 10 aromatic rings. The maximum absolute atomic E-state index is 2.38. The molecule has 0 spiro atoms. The summed E-state index contributed by atoms with van der Waals surface area (Å²) in [5.41, 5.74) is 13.0. The highest BCUT2D eigenvalue weighted by Gasteiger charge is 2.16. The minimum absolute atomic E-state index is 1.11. The monoisotopic (exact) mass is 705 g/mol. The fourth-order valence-corrected chi connectivity index (χ4v) is 8.75. The maximum Gasteiger partial charge on any atom is 0.0468 e. The summed E-state index contributed by atoms with van der Waals surface area (Å²) in [4.78, 5) is 2.38. The van der Waals surface area contributed by atoms with Gasteiger partial charge in [-0.05, 0) is 122 Å². The zero-order valence-corrected chi connectivity index (χ0v) is 30.4. The number of benzene rings is 9. The number of hydrogen-bond acceptors (Lipinski definition) is 2. The molecule has 0 amide bonds. The lowest BCUT2D eigenvalue weighted by molar-refractivity contribution is 1.29. The van der Waals surface area contributed by atoms with Gasteiger partial charge in [-0.2, -0.15) is 0 Å². The first kappa shape index (κ1) is 32.0. The van der Waals surface area contributed by atoms with Gasteiger partial charge in [0.2, 0.25) is 0 Å². The molecule has 0 aliphatic heterocycles. The predicted molar refractivity (Wildman–Crippen MR) is 233 cm³/mol. The summed E-state index contributed by atoms with van der Waals surface area (Å²) in [5, 5.41) is 5.10. The summed E-state index contributed by atoms with van der Waals surface area (Å²) in [6.45, 7) is 0. The molecule has 0 N–H and O–H groups in total. The fraction of sp³-hybridized carbons (Fsp3) is 0. The number of rotatable bonds is 7. The molecule has 0 saturated heterocycles. The lowest BCUT2D eigenvalue weighted by Crippen LogP contribution is -2.09. The van der Waals surface area contributed by atoms with Gasteiger partial charge in [0.25, 0.3) is 0 Å². The van der Waals surface area contributed by atoms with E-state index in [-0.39, 0.29) is 0 Å². The van der Waals surface area contributed by atoms with E-state index >= 15 is 0 Å². The third-order valence-corrected chi connectivity index (χ3v) is 11.6. The molecule has 1 nitrogen and oxygen atoms in total. The molecule has 0 fully saturated rings. The van der Waals surface area contributed by atoms with Crippen molar-refractivity contribution in [2.75, 3.05) is 4.90 Å². The molecule has 0 aliphatic rings. The molecule has 2 heteroatoms. The smallest absolute Gasteiger partial charge is 0.0468 e. The highest BCUT2D eigenvalue weighted by atomic mass is 32.1. The second-order valence-electron chi connectivity index (χ2n) is 13.8. The van der Waals surface area contributed by atoms with Crippen LogP contribution in [0.4, 0.5) is 17.1 Å². The number of hydrogen-bond donors (Lipinski definition) is 0. The Morgan fingerprint density at radius 2 is 0.722 bits per heavy atom. The highest BCUT2D eigenvalue weighted by Crippen LogP contribution is 2.42. The Morgan fingerprint density at radius 3 is 1.39 bits per heavy atom. The van der Waals surface area contributed by atoms with Gasteiger partial charge in [-0.25, -0.2) is 0 Å². The summed E-state index contributed by atoms with van der Waals surface area (Å²) >= 11 is 1.85. The summed E-state index contributed by atoms with van der Waals surface area (Å²) in [6.07, 6.45) is 0.